The molecule has 0 radical (unpaired) electrons. The standard InChI is InChI=1S/C8H7F3N2O2/c9-8(10,11)5-3-13(4-1-2-4)6(12-5)7(14)15/h3-4H,1-2H2,(H,14,15). The lowest BCUT2D eigenvalue weighted by Gasteiger charge is -2.00. The van der Waals surface area contributed by atoms with Crippen molar-refractivity contribution in [3.8, 4) is 0 Å². The van der Waals surface area contributed by atoms with Crippen LogP contribution in [0.1, 0.15) is 35.2 Å². The average molecular weight is 220 g/mol. The van der Waals surface area contributed by atoms with Gasteiger partial charge in [0.15, 0.2) is 5.69 Å². The normalized spacial score (nSPS) is 16.7. The molecule has 2 rings (SSSR count). The van der Waals surface area contributed by atoms with Crippen molar-refractivity contribution in [2.75, 3.05) is 0 Å². The first kappa shape index (κ1) is 10.0. The molecule has 0 bridgehead atoms. The van der Waals surface area contributed by atoms with E-state index in [2.05, 4.69) is 4.98 Å². The highest BCUT2D eigenvalue weighted by Gasteiger charge is 2.38. The van der Waals surface area contributed by atoms with Gasteiger partial charge in [-0.25, -0.2) is 9.78 Å². The smallest absolute Gasteiger partial charge is 0.434 e. The Kier molecular flexibility index (Phi) is 1.99. The molecule has 4 nitrogen and oxygen atoms in total. The van der Waals surface area contributed by atoms with Crippen molar-refractivity contribution in [2.24, 2.45) is 0 Å². The molecule has 1 aromatic rings. The number of carboxylic acids is 1. The van der Waals surface area contributed by atoms with Crippen LogP contribution in [0.15, 0.2) is 6.20 Å². The fourth-order valence-electron chi connectivity index (χ4n) is 1.32. The quantitative estimate of drug-likeness (QED) is 0.828. The van der Waals surface area contributed by atoms with Gasteiger partial charge in [-0.15, -0.1) is 0 Å². The Morgan fingerprint density at radius 1 is 1.53 bits per heavy atom. The summed E-state index contributed by atoms with van der Waals surface area (Å²) >= 11 is 0. The molecule has 0 spiro atoms. The van der Waals surface area contributed by atoms with Crippen molar-refractivity contribution < 1.29 is 23.1 Å². The van der Waals surface area contributed by atoms with E-state index in [1.165, 1.54) is 0 Å². The first-order valence-electron chi connectivity index (χ1n) is 4.29. The van der Waals surface area contributed by atoms with Crippen molar-refractivity contribution in [1.29, 1.82) is 0 Å². The highest BCUT2D eigenvalue weighted by atomic mass is 19.4. The van der Waals surface area contributed by atoms with Crippen LogP contribution in [0.3, 0.4) is 0 Å². The molecule has 0 saturated heterocycles. The summed E-state index contributed by atoms with van der Waals surface area (Å²) in [6.07, 6.45) is -2.42. The summed E-state index contributed by atoms with van der Waals surface area (Å²) in [5.74, 6) is -1.97. The number of hydrogen-bond donors (Lipinski definition) is 1. The van der Waals surface area contributed by atoms with Gasteiger partial charge in [-0.1, -0.05) is 0 Å². The minimum atomic E-state index is -4.59. The lowest BCUT2D eigenvalue weighted by molar-refractivity contribution is -0.141. The second-order valence-electron chi connectivity index (χ2n) is 3.39. The van der Waals surface area contributed by atoms with Crippen molar-refractivity contribution in [2.45, 2.75) is 25.1 Å². The Bertz CT molecular complexity index is 407. The van der Waals surface area contributed by atoms with E-state index in [-0.39, 0.29) is 6.04 Å². The van der Waals surface area contributed by atoms with E-state index in [1.807, 2.05) is 0 Å². The van der Waals surface area contributed by atoms with Crippen LogP contribution in [0.2, 0.25) is 0 Å². The van der Waals surface area contributed by atoms with Gasteiger partial charge in [-0.3, -0.25) is 0 Å². The van der Waals surface area contributed by atoms with E-state index in [0.717, 1.165) is 10.8 Å². The van der Waals surface area contributed by atoms with Crippen LogP contribution in [0.25, 0.3) is 0 Å². The highest BCUT2D eigenvalue weighted by molar-refractivity contribution is 5.83. The van der Waals surface area contributed by atoms with Gasteiger partial charge in [-0.05, 0) is 12.8 Å². The number of rotatable bonds is 2. The first-order chi connectivity index (χ1) is 6.89. The maximum atomic E-state index is 12.3. The minimum absolute atomic E-state index is 0.139. The number of carboxylic acid groups (broad SMARTS) is 1. The molecule has 1 heterocycles. The van der Waals surface area contributed by atoms with E-state index in [1.54, 1.807) is 0 Å². The van der Waals surface area contributed by atoms with Crippen molar-refractivity contribution in [3.05, 3.63) is 17.7 Å². The maximum absolute atomic E-state index is 12.3. The molecule has 0 aliphatic heterocycles. The Labute approximate surface area is 82.3 Å². The van der Waals surface area contributed by atoms with E-state index in [9.17, 15) is 18.0 Å². The summed E-state index contributed by atoms with van der Waals surface area (Å²) < 4.78 is 37.9. The molecule has 15 heavy (non-hydrogen) atoms. The molecule has 7 heteroatoms. The maximum Gasteiger partial charge on any atom is 0.434 e. The zero-order valence-electron chi connectivity index (χ0n) is 7.45. The molecule has 0 atom stereocenters. The molecular formula is C8H7F3N2O2. The Balaban J connectivity index is 2.44. The number of nitrogens with zero attached hydrogens (tertiary/aromatic N) is 2. The van der Waals surface area contributed by atoms with Gasteiger partial charge >= 0.3 is 12.1 Å². The summed E-state index contributed by atoms with van der Waals surface area (Å²) in [6, 6.07) is -0.139. The van der Waals surface area contributed by atoms with E-state index < -0.39 is 23.7 Å². The molecule has 0 unspecified atom stereocenters. The van der Waals surface area contributed by atoms with Gasteiger partial charge in [-0.2, -0.15) is 13.2 Å². The second kappa shape index (κ2) is 2.98. The van der Waals surface area contributed by atoms with Crippen LogP contribution in [0.4, 0.5) is 13.2 Å². The average Bonchev–Trinajstić information content (AvgIpc) is 2.81. The van der Waals surface area contributed by atoms with Gasteiger partial charge in [0.05, 0.1) is 0 Å². The number of carbonyl (C=O) groups is 1. The Morgan fingerprint density at radius 2 is 2.13 bits per heavy atom. The van der Waals surface area contributed by atoms with Crippen LogP contribution in [0.5, 0.6) is 0 Å². The van der Waals surface area contributed by atoms with E-state index in [0.29, 0.717) is 12.8 Å². The van der Waals surface area contributed by atoms with Gasteiger partial charge in [0.1, 0.15) is 0 Å². The predicted octanol–water partition coefficient (Wildman–Crippen LogP) is 1.94. The molecule has 1 fully saturated rings. The topological polar surface area (TPSA) is 55.1 Å². The number of aromatic carboxylic acids is 1. The highest BCUT2D eigenvalue weighted by Crippen LogP contribution is 2.38. The number of halogens is 3. The van der Waals surface area contributed by atoms with Gasteiger partial charge in [0.2, 0.25) is 5.82 Å². The van der Waals surface area contributed by atoms with E-state index >= 15 is 0 Å². The zero-order chi connectivity index (χ0) is 11.2. The summed E-state index contributed by atoms with van der Waals surface area (Å²) in [5.41, 5.74) is -1.15. The van der Waals surface area contributed by atoms with Crippen LogP contribution >= 0.6 is 0 Å². The third-order valence-corrected chi connectivity index (χ3v) is 2.15. The Hall–Kier alpha value is -1.53. The minimum Gasteiger partial charge on any atom is -0.475 e. The third-order valence-electron chi connectivity index (χ3n) is 2.15. The van der Waals surface area contributed by atoms with Crippen LogP contribution < -0.4 is 0 Å². The number of aromatic nitrogens is 2. The van der Waals surface area contributed by atoms with Crippen LogP contribution in [-0.4, -0.2) is 20.6 Å². The Morgan fingerprint density at radius 3 is 2.53 bits per heavy atom. The largest absolute Gasteiger partial charge is 0.475 e. The third kappa shape index (κ3) is 1.81. The monoisotopic (exact) mass is 220 g/mol. The second-order valence-corrected chi connectivity index (χ2v) is 3.39. The van der Waals surface area contributed by atoms with E-state index in [4.69, 9.17) is 5.11 Å². The number of imidazole rings is 1. The van der Waals surface area contributed by atoms with Gasteiger partial charge in [0, 0.05) is 12.2 Å². The molecule has 1 aliphatic carbocycles. The summed E-state index contributed by atoms with van der Waals surface area (Å²) in [7, 11) is 0. The fraction of sp³-hybridized carbons (Fsp3) is 0.500. The van der Waals surface area contributed by atoms with Crippen LogP contribution in [0, 0.1) is 0 Å². The zero-order valence-corrected chi connectivity index (χ0v) is 7.45. The molecule has 82 valence electrons. The molecular weight excluding hydrogens is 213 g/mol. The SMILES string of the molecule is O=C(O)c1nc(C(F)(F)F)cn1C1CC1. The molecule has 1 aliphatic rings. The summed E-state index contributed by atoms with van der Waals surface area (Å²) in [5, 5.41) is 8.67. The first-order valence-corrected chi connectivity index (χ1v) is 4.29. The summed E-state index contributed by atoms with van der Waals surface area (Å²) in [4.78, 5) is 13.7. The van der Waals surface area contributed by atoms with Crippen LogP contribution in [-0.2, 0) is 6.18 Å². The number of alkyl halides is 3. The lowest BCUT2D eigenvalue weighted by atomic mass is 10.5. The van der Waals surface area contributed by atoms with Crippen molar-refractivity contribution in [1.82, 2.24) is 9.55 Å². The van der Waals surface area contributed by atoms with Gasteiger partial charge < -0.3 is 9.67 Å². The lowest BCUT2D eigenvalue weighted by Crippen LogP contribution is -2.08. The molecule has 0 amide bonds. The molecule has 0 aromatic carbocycles. The molecule has 1 N–H and O–H groups in total. The van der Waals surface area contributed by atoms with Gasteiger partial charge in [0.25, 0.3) is 0 Å². The predicted molar refractivity (Wildman–Crippen MR) is 42.5 cm³/mol. The fourth-order valence-corrected chi connectivity index (χ4v) is 1.32. The van der Waals surface area contributed by atoms with Crippen molar-refractivity contribution >= 4 is 5.97 Å². The number of hydrogen-bond acceptors (Lipinski definition) is 2. The van der Waals surface area contributed by atoms with Crippen molar-refractivity contribution in [3.63, 3.8) is 0 Å². The summed E-state index contributed by atoms with van der Waals surface area (Å²) in [6.45, 7) is 0. The molecule has 1 aromatic heterocycles. The molecule has 1 saturated carbocycles.